The van der Waals surface area contributed by atoms with Gasteiger partial charge in [-0.1, -0.05) is 17.7 Å². The molecule has 0 N–H and O–H groups in total. The Morgan fingerprint density at radius 3 is 2.94 bits per heavy atom. The minimum absolute atomic E-state index is 0.264. The van der Waals surface area contributed by atoms with E-state index in [2.05, 4.69) is 6.92 Å². The third kappa shape index (κ3) is 2.59. The second-order valence-electron chi connectivity index (χ2n) is 4.49. The van der Waals surface area contributed by atoms with Gasteiger partial charge >= 0.3 is 5.97 Å². The standard InChI is InChI=1S/C15H17ClO2/c1-3-18-14(17)9-11-5-4-6-12-13(16)8-7-10(2)15(11)12/h7-9H,3-6H2,1-2H3/b11-9+. The van der Waals surface area contributed by atoms with Crippen LogP contribution in [0.5, 0.6) is 0 Å². The van der Waals surface area contributed by atoms with Crippen molar-refractivity contribution in [3.8, 4) is 0 Å². The first-order valence-electron chi connectivity index (χ1n) is 6.29. The first kappa shape index (κ1) is 13.2. The normalized spacial score (nSPS) is 16.5. The van der Waals surface area contributed by atoms with Crippen molar-refractivity contribution in [1.29, 1.82) is 0 Å². The van der Waals surface area contributed by atoms with E-state index in [1.54, 1.807) is 6.08 Å². The summed E-state index contributed by atoms with van der Waals surface area (Å²) in [6.07, 6.45) is 4.54. The van der Waals surface area contributed by atoms with E-state index >= 15 is 0 Å². The Balaban J connectivity index is 2.45. The Bertz CT molecular complexity index is 503. The Morgan fingerprint density at radius 2 is 2.22 bits per heavy atom. The number of hydrogen-bond donors (Lipinski definition) is 0. The van der Waals surface area contributed by atoms with E-state index in [-0.39, 0.29) is 5.97 Å². The summed E-state index contributed by atoms with van der Waals surface area (Å²) < 4.78 is 4.98. The van der Waals surface area contributed by atoms with Crippen LogP contribution >= 0.6 is 11.6 Å². The smallest absolute Gasteiger partial charge is 0.331 e. The summed E-state index contributed by atoms with van der Waals surface area (Å²) in [5.41, 5.74) is 4.53. The van der Waals surface area contributed by atoms with Gasteiger partial charge in [0.25, 0.3) is 0 Å². The predicted octanol–water partition coefficient (Wildman–Crippen LogP) is 3.93. The van der Waals surface area contributed by atoms with Crippen LogP contribution in [0.25, 0.3) is 5.57 Å². The maximum absolute atomic E-state index is 11.6. The minimum atomic E-state index is -0.264. The van der Waals surface area contributed by atoms with E-state index in [0.717, 1.165) is 35.4 Å². The highest BCUT2D eigenvalue weighted by atomic mass is 35.5. The van der Waals surface area contributed by atoms with Gasteiger partial charge in [0.15, 0.2) is 0 Å². The first-order valence-corrected chi connectivity index (χ1v) is 6.67. The van der Waals surface area contributed by atoms with E-state index in [0.29, 0.717) is 6.61 Å². The van der Waals surface area contributed by atoms with Crippen molar-refractivity contribution in [2.24, 2.45) is 0 Å². The summed E-state index contributed by atoms with van der Waals surface area (Å²) in [4.78, 5) is 11.6. The number of benzene rings is 1. The predicted molar refractivity (Wildman–Crippen MR) is 73.7 cm³/mol. The topological polar surface area (TPSA) is 26.3 Å². The van der Waals surface area contributed by atoms with Crippen molar-refractivity contribution in [2.75, 3.05) is 6.61 Å². The maximum Gasteiger partial charge on any atom is 0.331 e. The molecule has 0 bridgehead atoms. The molecule has 0 spiro atoms. The maximum atomic E-state index is 11.6. The molecular formula is C15H17ClO2. The zero-order valence-electron chi connectivity index (χ0n) is 10.8. The van der Waals surface area contributed by atoms with Crippen LogP contribution in [-0.2, 0) is 16.0 Å². The van der Waals surface area contributed by atoms with Crippen molar-refractivity contribution >= 4 is 23.1 Å². The highest BCUT2D eigenvalue weighted by Gasteiger charge is 2.19. The Labute approximate surface area is 113 Å². The highest BCUT2D eigenvalue weighted by Crippen LogP contribution is 2.36. The molecule has 0 amide bonds. The average molecular weight is 265 g/mol. The van der Waals surface area contributed by atoms with Crippen LogP contribution in [0.3, 0.4) is 0 Å². The number of fused-ring (bicyclic) bond motifs is 1. The number of rotatable bonds is 2. The number of hydrogen-bond acceptors (Lipinski definition) is 2. The van der Waals surface area contributed by atoms with Crippen LogP contribution in [0.4, 0.5) is 0 Å². The quantitative estimate of drug-likeness (QED) is 0.598. The van der Waals surface area contributed by atoms with Gasteiger partial charge in [-0.05, 0) is 61.4 Å². The van der Waals surface area contributed by atoms with Crippen LogP contribution in [-0.4, -0.2) is 12.6 Å². The molecule has 0 fully saturated rings. The fourth-order valence-corrected chi connectivity index (χ4v) is 2.73. The van der Waals surface area contributed by atoms with Crippen LogP contribution in [0.1, 0.15) is 36.5 Å². The lowest BCUT2D eigenvalue weighted by molar-refractivity contribution is -0.137. The highest BCUT2D eigenvalue weighted by molar-refractivity contribution is 6.31. The van der Waals surface area contributed by atoms with Crippen molar-refractivity contribution < 1.29 is 9.53 Å². The lowest BCUT2D eigenvalue weighted by Crippen LogP contribution is -2.08. The molecule has 3 heteroatoms. The lowest BCUT2D eigenvalue weighted by atomic mass is 9.84. The summed E-state index contributed by atoms with van der Waals surface area (Å²) >= 11 is 6.23. The van der Waals surface area contributed by atoms with Gasteiger partial charge in [-0.2, -0.15) is 0 Å². The lowest BCUT2D eigenvalue weighted by Gasteiger charge is -2.22. The molecule has 1 aromatic carbocycles. The van der Waals surface area contributed by atoms with Gasteiger partial charge in [-0.3, -0.25) is 0 Å². The Hall–Kier alpha value is -1.28. The molecule has 1 aromatic rings. The number of esters is 1. The van der Waals surface area contributed by atoms with Crippen LogP contribution < -0.4 is 0 Å². The second kappa shape index (κ2) is 5.57. The molecule has 0 saturated heterocycles. The van der Waals surface area contributed by atoms with Crippen molar-refractivity contribution in [3.63, 3.8) is 0 Å². The summed E-state index contributed by atoms with van der Waals surface area (Å²) in [5.74, 6) is -0.264. The molecule has 0 atom stereocenters. The van der Waals surface area contributed by atoms with E-state index in [4.69, 9.17) is 16.3 Å². The number of carbonyl (C=O) groups excluding carboxylic acids is 1. The fraction of sp³-hybridized carbons (Fsp3) is 0.400. The third-order valence-corrected chi connectivity index (χ3v) is 3.59. The molecule has 0 aromatic heterocycles. The molecule has 2 rings (SSSR count). The molecule has 18 heavy (non-hydrogen) atoms. The van der Waals surface area contributed by atoms with Gasteiger partial charge in [0, 0.05) is 11.1 Å². The summed E-state index contributed by atoms with van der Waals surface area (Å²) in [5, 5.41) is 0.796. The monoisotopic (exact) mass is 264 g/mol. The van der Waals surface area contributed by atoms with Crippen LogP contribution in [0, 0.1) is 6.92 Å². The largest absolute Gasteiger partial charge is 0.463 e. The van der Waals surface area contributed by atoms with E-state index < -0.39 is 0 Å². The molecule has 0 aliphatic heterocycles. The second-order valence-corrected chi connectivity index (χ2v) is 4.90. The minimum Gasteiger partial charge on any atom is -0.463 e. The summed E-state index contributed by atoms with van der Waals surface area (Å²) in [6.45, 7) is 4.27. The van der Waals surface area contributed by atoms with E-state index in [9.17, 15) is 4.79 Å². The van der Waals surface area contributed by atoms with Gasteiger partial charge in [-0.25, -0.2) is 4.79 Å². The first-order chi connectivity index (χ1) is 8.63. The SMILES string of the molecule is CCOC(=O)/C=C1\CCCc2c(Cl)ccc(C)c21. The van der Waals surface area contributed by atoms with Crippen molar-refractivity contribution in [2.45, 2.75) is 33.1 Å². The molecule has 1 aliphatic carbocycles. The molecule has 0 heterocycles. The van der Waals surface area contributed by atoms with Gasteiger partial charge in [0.05, 0.1) is 6.61 Å². The fourth-order valence-electron chi connectivity index (χ4n) is 2.48. The molecule has 0 saturated carbocycles. The van der Waals surface area contributed by atoms with E-state index in [1.807, 2.05) is 19.1 Å². The van der Waals surface area contributed by atoms with Crippen LogP contribution in [0.2, 0.25) is 5.02 Å². The van der Waals surface area contributed by atoms with Gasteiger partial charge in [0.2, 0.25) is 0 Å². The van der Waals surface area contributed by atoms with Crippen molar-refractivity contribution in [1.82, 2.24) is 0 Å². The molecule has 2 nitrogen and oxygen atoms in total. The van der Waals surface area contributed by atoms with Crippen molar-refractivity contribution in [3.05, 3.63) is 39.9 Å². The molecule has 0 unspecified atom stereocenters. The Morgan fingerprint density at radius 1 is 1.44 bits per heavy atom. The number of allylic oxidation sites excluding steroid dienone is 1. The van der Waals surface area contributed by atoms with Crippen LogP contribution in [0.15, 0.2) is 18.2 Å². The van der Waals surface area contributed by atoms with Gasteiger partial charge < -0.3 is 4.74 Å². The zero-order chi connectivity index (χ0) is 13.1. The number of carbonyl (C=O) groups is 1. The van der Waals surface area contributed by atoms with Gasteiger partial charge in [-0.15, -0.1) is 0 Å². The number of aryl methyl sites for hydroxylation is 1. The summed E-state index contributed by atoms with van der Waals surface area (Å²) in [7, 11) is 0. The molecule has 0 radical (unpaired) electrons. The molecule has 1 aliphatic rings. The molecule has 96 valence electrons. The van der Waals surface area contributed by atoms with Gasteiger partial charge in [0.1, 0.15) is 0 Å². The number of ether oxygens (including phenoxy) is 1. The zero-order valence-corrected chi connectivity index (χ0v) is 11.5. The summed E-state index contributed by atoms with van der Waals surface area (Å²) in [6, 6.07) is 3.94. The Kier molecular flexibility index (Phi) is 4.07. The third-order valence-electron chi connectivity index (χ3n) is 3.24. The average Bonchev–Trinajstić information content (AvgIpc) is 2.34. The van der Waals surface area contributed by atoms with E-state index in [1.165, 1.54) is 11.1 Å². The number of halogens is 1. The molecular weight excluding hydrogens is 248 g/mol.